The molecule has 0 saturated heterocycles. The molecule has 0 saturated carbocycles. The predicted octanol–water partition coefficient (Wildman–Crippen LogP) is 9.34. The van der Waals surface area contributed by atoms with E-state index in [1.54, 1.807) is 0 Å². The molecule has 0 unspecified atom stereocenters. The lowest BCUT2D eigenvalue weighted by molar-refractivity contribution is 1.18. The Hall–Kier alpha value is -5.41. The minimum atomic E-state index is 0.704. The van der Waals surface area contributed by atoms with Crippen LogP contribution in [0.4, 0.5) is 0 Å². The molecule has 186 valence electrons. The van der Waals surface area contributed by atoms with E-state index in [4.69, 9.17) is 9.97 Å². The van der Waals surface area contributed by atoms with Gasteiger partial charge in [-0.25, -0.2) is 9.97 Å². The van der Waals surface area contributed by atoms with Gasteiger partial charge in [-0.1, -0.05) is 115 Å². The van der Waals surface area contributed by atoms with Gasteiger partial charge in [-0.05, 0) is 51.2 Å². The third-order valence-electron chi connectivity index (χ3n) is 7.72. The first-order valence-electron chi connectivity index (χ1n) is 13.5. The molecule has 0 bridgehead atoms. The van der Waals surface area contributed by atoms with Crippen LogP contribution in [0.2, 0.25) is 0 Å². The lowest BCUT2D eigenvalue weighted by atomic mass is 9.96. The number of benzene rings is 5. The molecule has 7 aromatic rings. The highest BCUT2D eigenvalue weighted by atomic mass is 14.9. The van der Waals surface area contributed by atoms with Crippen molar-refractivity contribution >= 4 is 10.8 Å². The average molecular weight is 510 g/mol. The summed E-state index contributed by atoms with van der Waals surface area (Å²) in [5.41, 5.74) is 12.1. The van der Waals surface area contributed by atoms with Gasteiger partial charge in [-0.3, -0.25) is 4.98 Å². The van der Waals surface area contributed by atoms with Gasteiger partial charge < -0.3 is 0 Å². The van der Waals surface area contributed by atoms with E-state index >= 15 is 0 Å². The Kier molecular flexibility index (Phi) is 5.14. The molecule has 0 spiro atoms. The van der Waals surface area contributed by atoms with Crippen molar-refractivity contribution in [2.24, 2.45) is 0 Å². The number of hydrogen-bond acceptors (Lipinski definition) is 3. The second-order valence-electron chi connectivity index (χ2n) is 10.1. The molecule has 0 fully saturated rings. The van der Waals surface area contributed by atoms with Crippen LogP contribution in [0.15, 0.2) is 140 Å². The largest absolute Gasteiger partial charge is 0.256 e. The van der Waals surface area contributed by atoms with E-state index in [1.165, 1.54) is 33.0 Å². The van der Waals surface area contributed by atoms with Gasteiger partial charge in [0.25, 0.3) is 0 Å². The molecular weight excluding hydrogens is 486 g/mol. The summed E-state index contributed by atoms with van der Waals surface area (Å²) in [7, 11) is 0. The smallest absolute Gasteiger partial charge is 0.160 e. The van der Waals surface area contributed by atoms with E-state index in [0.717, 1.165) is 39.3 Å². The normalized spacial score (nSPS) is 11.5. The summed E-state index contributed by atoms with van der Waals surface area (Å²) in [5, 5.41) is 2.50. The van der Waals surface area contributed by atoms with Crippen molar-refractivity contribution in [1.29, 1.82) is 0 Å². The van der Waals surface area contributed by atoms with Crippen LogP contribution in [0.25, 0.3) is 78.2 Å². The lowest BCUT2D eigenvalue weighted by Gasteiger charge is -2.13. The Morgan fingerprint density at radius 2 is 1.00 bits per heavy atom. The SMILES string of the molecule is c1ccc(-c2cc(-c3ccc4c5c(cccc35)-c3ccccc3-4)nc(-c3ccc(-c4ccccn4)cc3)n2)cc1. The zero-order valence-electron chi connectivity index (χ0n) is 21.6. The zero-order chi connectivity index (χ0) is 26.5. The monoisotopic (exact) mass is 509 g/mol. The summed E-state index contributed by atoms with van der Waals surface area (Å²) in [6.07, 6.45) is 1.82. The van der Waals surface area contributed by atoms with E-state index in [1.807, 2.05) is 30.5 Å². The van der Waals surface area contributed by atoms with Gasteiger partial charge >= 0.3 is 0 Å². The maximum absolute atomic E-state index is 5.15. The van der Waals surface area contributed by atoms with Crippen molar-refractivity contribution in [3.8, 4) is 67.4 Å². The first-order chi connectivity index (χ1) is 19.8. The molecule has 5 aromatic carbocycles. The number of fused-ring (bicyclic) bond motifs is 3. The highest BCUT2D eigenvalue weighted by Gasteiger charge is 2.23. The molecule has 1 aliphatic rings. The highest BCUT2D eigenvalue weighted by molar-refractivity contribution is 6.18. The van der Waals surface area contributed by atoms with E-state index in [2.05, 4.69) is 114 Å². The first kappa shape index (κ1) is 22.6. The molecule has 0 aliphatic heterocycles. The van der Waals surface area contributed by atoms with E-state index < -0.39 is 0 Å². The fourth-order valence-corrected chi connectivity index (χ4v) is 5.83. The Morgan fingerprint density at radius 1 is 0.375 bits per heavy atom. The molecule has 0 atom stereocenters. The Balaban J connectivity index is 1.32. The van der Waals surface area contributed by atoms with Crippen molar-refractivity contribution < 1.29 is 0 Å². The maximum atomic E-state index is 5.15. The second-order valence-corrected chi connectivity index (χ2v) is 10.1. The van der Waals surface area contributed by atoms with Crippen LogP contribution >= 0.6 is 0 Å². The molecule has 1 aliphatic carbocycles. The number of aromatic nitrogens is 3. The van der Waals surface area contributed by atoms with Crippen LogP contribution in [0.3, 0.4) is 0 Å². The minimum absolute atomic E-state index is 0.704. The molecule has 0 radical (unpaired) electrons. The topological polar surface area (TPSA) is 38.7 Å². The predicted molar refractivity (Wildman–Crippen MR) is 164 cm³/mol. The first-order valence-corrected chi connectivity index (χ1v) is 13.5. The number of hydrogen-bond donors (Lipinski definition) is 0. The average Bonchev–Trinajstić information content (AvgIpc) is 3.37. The number of pyridine rings is 1. The summed E-state index contributed by atoms with van der Waals surface area (Å²) < 4.78 is 0. The van der Waals surface area contributed by atoms with Crippen LogP contribution in [0.1, 0.15) is 0 Å². The Morgan fingerprint density at radius 3 is 1.77 bits per heavy atom. The van der Waals surface area contributed by atoms with Gasteiger partial charge in [0.05, 0.1) is 17.1 Å². The molecule has 3 nitrogen and oxygen atoms in total. The van der Waals surface area contributed by atoms with Crippen LogP contribution in [0.5, 0.6) is 0 Å². The van der Waals surface area contributed by atoms with Crippen molar-refractivity contribution in [3.05, 3.63) is 140 Å². The van der Waals surface area contributed by atoms with Gasteiger partial charge in [-0.2, -0.15) is 0 Å². The van der Waals surface area contributed by atoms with Crippen LogP contribution < -0.4 is 0 Å². The molecule has 0 amide bonds. The summed E-state index contributed by atoms with van der Waals surface area (Å²) in [6.45, 7) is 0. The molecule has 8 rings (SSSR count). The van der Waals surface area contributed by atoms with Gasteiger partial charge in [0.1, 0.15) is 0 Å². The van der Waals surface area contributed by atoms with E-state index in [9.17, 15) is 0 Å². The molecule has 0 N–H and O–H groups in total. The van der Waals surface area contributed by atoms with E-state index in [-0.39, 0.29) is 0 Å². The molecule has 2 aromatic heterocycles. The summed E-state index contributed by atoms with van der Waals surface area (Å²) in [4.78, 5) is 14.7. The summed E-state index contributed by atoms with van der Waals surface area (Å²) in [6, 6.07) is 46.5. The van der Waals surface area contributed by atoms with Gasteiger partial charge in [0.15, 0.2) is 5.82 Å². The second kappa shape index (κ2) is 9.11. The van der Waals surface area contributed by atoms with Gasteiger partial charge in [0, 0.05) is 28.5 Å². The molecular formula is C37H23N3. The van der Waals surface area contributed by atoms with Crippen molar-refractivity contribution in [2.75, 3.05) is 0 Å². The maximum Gasteiger partial charge on any atom is 0.160 e. The van der Waals surface area contributed by atoms with Gasteiger partial charge in [-0.15, -0.1) is 0 Å². The van der Waals surface area contributed by atoms with Crippen LogP contribution in [0, 0.1) is 0 Å². The zero-order valence-corrected chi connectivity index (χ0v) is 21.6. The van der Waals surface area contributed by atoms with Gasteiger partial charge in [0.2, 0.25) is 0 Å². The minimum Gasteiger partial charge on any atom is -0.256 e. The van der Waals surface area contributed by atoms with Crippen LogP contribution in [-0.4, -0.2) is 15.0 Å². The third kappa shape index (κ3) is 3.63. The number of nitrogens with zero attached hydrogens (tertiary/aromatic N) is 3. The lowest BCUT2D eigenvalue weighted by Crippen LogP contribution is -1.96. The van der Waals surface area contributed by atoms with Crippen molar-refractivity contribution in [2.45, 2.75) is 0 Å². The molecule has 40 heavy (non-hydrogen) atoms. The molecule has 2 heterocycles. The summed E-state index contributed by atoms with van der Waals surface area (Å²) >= 11 is 0. The fourth-order valence-electron chi connectivity index (χ4n) is 5.83. The standard InChI is InChI=1S/C37H23N3/c1-2-9-24(10-3-1)34-23-35(40-37(39-34)26-18-16-25(17-19-26)33-15-6-7-22-38-33)29-20-21-32-28-12-5-4-11-27(28)30-13-8-14-31(29)36(30)32/h1-23H. The summed E-state index contributed by atoms with van der Waals surface area (Å²) in [5.74, 6) is 0.704. The van der Waals surface area contributed by atoms with Crippen molar-refractivity contribution in [1.82, 2.24) is 15.0 Å². The third-order valence-corrected chi connectivity index (χ3v) is 7.72. The van der Waals surface area contributed by atoms with E-state index in [0.29, 0.717) is 5.82 Å². The Labute approximate surface area is 232 Å². The van der Waals surface area contributed by atoms with Crippen molar-refractivity contribution in [3.63, 3.8) is 0 Å². The molecule has 3 heteroatoms. The number of rotatable bonds is 4. The quantitative estimate of drug-likeness (QED) is 0.237. The highest BCUT2D eigenvalue weighted by Crippen LogP contribution is 2.49. The van der Waals surface area contributed by atoms with Crippen LogP contribution in [-0.2, 0) is 0 Å². The fraction of sp³-hybridized carbons (Fsp3) is 0. The Bertz CT molecular complexity index is 2000.